The molecule has 1 saturated carbocycles. The Morgan fingerprint density at radius 2 is 2.03 bits per heavy atom. The Hall–Kier alpha value is -1.34. The lowest BCUT2D eigenvalue weighted by Crippen LogP contribution is -2.64. The predicted octanol–water partition coefficient (Wildman–Crippen LogP) is -1.05. The SMILES string of the molecule is CNC1CCC(C2NOC(CCC(=O)NCCCNC3NNC(=O)C4CCCCC34)N2)CN1. The molecule has 1 aliphatic carbocycles. The topological polar surface area (TPSA) is 140 Å². The molecule has 0 aromatic carbocycles. The summed E-state index contributed by atoms with van der Waals surface area (Å²) in [6.07, 6.45) is 9.02. The zero-order valence-corrected chi connectivity index (χ0v) is 19.8. The van der Waals surface area contributed by atoms with Gasteiger partial charge in [-0.1, -0.05) is 12.8 Å². The fraction of sp³-hybridized carbons (Fsp3) is 0.909. The van der Waals surface area contributed by atoms with Gasteiger partial charge in [0.15, 0.2) is 0 Å². The number of carbonyl (C=O) groups is 2. The fourth-order valence-electron chi connectivity index (χ4n) is 5.57. The van der Waals surface area contributed by atoms with Gasteiger partial charge in [-0.05, 0) is 52.1 Å². The molecule has 33 heavy (non-hydrogen) atoms. The number of hydrogen-bond acceptors (Lipinski definition) is 9. The first kappa shape index (κ1) is 24.8. The second kappa shape index (κ2) is 12.4. The summed E-state index contributed by atoms with van der Waals surface area (Å²) in [6.45, 7) is 2.36. The maximum absolute atomic E-state index is 12.2. The Labute approximate surface area is 196 Å². The lowest BCUT2D eigenvalue weighted by Gasteiger charge is -2.41. The number of piperidine rings is 1. The smallest absolute Gasteiger partial charge is 0.237 e. The Kier molecular flexibility index (Phi) is 9.30. The number of rotatable bonds is 10. The molecule has 188 valence electrons. The van der Waals surface area contributed by atoms with Crippen LogP contribution in [0.3, 0.4) is 0 Å². The molecule has 8 N–H and O–H groups in total. The summed E-state index contributed by atoms with van der Waals surface area (Å²) in [6, 6.07) is 0. The van der Waals surface area contributed by atoms with E-state index in [2.05, 4.69) is 42.9 Å². The summed E-state index contributed by atoms with van der Waals surface area (Å²) in [4.78, 5) is 29.9. The third-order valence-corrected chi connectivity index (χ3v) is 7.58. The fourth-order valence-corrected chi connectivity index (χ4v) is 5.57. The molecule has 7 unspecified atom stereocenters. The first-order chi connectivity index (χ1) is 16.1. The minimum atomic E-state index is -0.138. The molecule has 3 saturated heterocycles. The van der Waals surface area contributed by atoms with Gasteiger partial charge < -0.3 is 21.3 Å². The van der Waals surface area contributed by atoms with Gasteiger partial charge in [-0.3, -0.25) is 25.2 Å². The molecule has 11 heteroatoms. The van der Waals surface area contributed by atoms with Crippen LogP contribution in [0.15, 0.2) is 0 Å². The molecule has 3 aliphatic heterocycles. The van der Waals surface area contributed by atoms with Crippen molar-refractivity contribution in [2.24, 2.45) is 17.8 Å². The first-order valence-electron chi connectivity index (χ1n) is 12.8. The third-order valence-electron chi connectivity index (χ3n) is 7.58. The van der Waals surface area contributed by atoms with Crippen LogP contribution >= 0.6 is 0 Å². The minimum Gasteiger partial charge on any atom is -0.356 e. The molecule has 3 heterocycles. The van der Waals surface area contributed by atoms with Crippen LogP contribution in [0.25, 0.3) is 0 Å². The van der Waals surface area contributed by atoms with Crippen molar-refractivity contribution >= 4 is 11.8 Å². The minimum absolute atomic E-state index is 0.0513. The molecule has 0 aromatic heterocycles. The molecule has 0 radical (unpaired) electrons. The summed E-state index contributed by atoms with van der Waals surface area (Å²) in [5.74, 6) is 1.13. The molecule has 0 spiro atoms. The Balaban J connectivity index is 1.04. The lowest BCUT2D eigenvalue weighted by molar-refractivity contribution is -0.134. The second-order valence-electron chi connectivity index (χ2n) is 9.82. The van der Waals surface area contributed by atoms with Crippen LogP contribution in [0.4, 0.5) is 0 Å². The van der Waals surface area contributed by atoms with Crippen molar-refractivity contribution < 1.29 is 14.4 Å². The number of nitrogens with one attached hydrogen (secondary N) is 8. The standard InChI is InChI=1S/C22H42N8O3/c1-23-17-8-7-14(13-26-17)20-27-19(33-30-20)10-9-18(31)24-11-4-12-25-21-15-5-2-3-6-16(15)22(32)29-28-21/h14-17,19-21,23,25-28,30H,2-13H2,1H3,(H,24,31)(H,29,32). The predicted molar refractivity (Wildman–Crippen MR) is 124 cm³/mol. The average Bonchev–Trinajstić information content (AvgIpc) is 3.33. The van der Waals surface area contributed by atoms with Gasteiger partial charge in [0.1, 0.15) is 6.23 Å². The molecule has 2 amide bonds. The van der Waals surface area contributed by atoms with Crippen molar-refractivity contribution in [2.75, 3.05) is 26.7 Å². The van der Waals surface area contributed by atoms with Gasteiger partial charge in [-0.2, -0.15) is 5.48 Å². The van der Waals surface area contributed by atoms with Crippen molar-refractivity contribution in [3.63, 3.8) is 0 Å². The molecule has 4 rings (SSSR count). The Morgan fingerprint density at radius 1 is 1.15 bits per heavy atom. The van der Waals surface area contributed by atoms with E-state index in [4.69, 9.17) is 4.84 Å². The van der Waals surface area contributed by atoms with Gasteiger partial charge in [0.25, 0.3) is 0 Å². The van der Waals surface area contributed by atoms with E-state index in [1.807, 2.05) is 7.05 Å². The van der Waals surface area contributed by atoms with E-state index in [9.17, 15) is 9.59 Å². The maximum Gasteiger partial charge on any atom is 0.237 e. The molecule has 7 atom stereocenters. The van der Waals surface area contributed by atoms with E-state index in [0.717, 1.165) is 51.6 Å². The van der Waals surface area contributed by atoms with Crippen LogP contribution in [0, 0.1) is 17.8 Å². The highest BCUT2D eigenvalue weighted by atomic mass is 16.7. The summed E-state index contributed by atoms with van der Waals surface area (Å²) in [7, 11) is 1.98. The van der Waals surface area contributed by atoms with Crippen LogP contribution < -0.4 is 42.9 Å². The summed E-state index contributed by atoms with van der Waals surface area (Å²) in [5, 5.41) is 16.7. The van der Waals surface area contributed by atoms with Crippen LogP contribution in [-0.4, -0.2) is 63.2 Å². The van der Waals surface area contributed by atoms with E-state index in [1.54, 1.807) is 0 Å². The zero-order chi connectivity index (χ0) is 23.0. The maximum atomic E-state index is 12.2. The lowest BCUT2D eigenvalue weighted by atomic mass is 9.76. The Morgan fingerprint density at radius 3 is 2.85 bits per heavy atom. The van der Waals surface area contributed by atoms with E-state index in [1.165, 1.54) is 6.42 Å². The number of hydrazine groups is 1. The third kappa shape index (κ3) is 6.84. The molecule has 11 nitrogen and oxygen atoms in total. The van der Waals surface area contributed by atoms with Crippen LogP contribution in [0.1, 0.15) is 57.8 Å². The monoisotopic (exact) mass is 466 g/mol. The van der Waals surface area contributed by atoms with Crippen molar-refractivity contribution in [1.82, 2.24) is 42.9 Å². The molecular formula is C22H42N8O3. The van der Waals surface area contributed by atoms with Gasteiger partial charge in [0.05, 0.1) is 18.5 Å². The number of amides is 2. The van der Waals surface area contributed by atoms with Crippen LogP contribution in [0.2, 0.25) is 0 Å². The van der Waals surface area contributed by atoms with Gasteiger partial charge in [-0.15, -0.1) is 0 Å². The average molecular weight is 467 g/mol. The first-order valence-corrected chi connectivity index (χ1v) is 12.8. The highest BCUT2D eigenvalue weighted by Crippen LogP contribution is 2.33. The van der Waals surface area contributed by atoms with E-state index in [0.29, 0.717) is 37.4 Å². The quantitative estimate of drug-likeness (QED) is 0.190. The summed E-state index contributed by atoms with van der Waals surface area (Å²) in [5.41, 5.74) is 9.03. The molecule has 4 fully saturated rings. The number of hydroxylamine groups is 1. The molecule has 0 bridgehead atoms. The molecular weight excluding hydrogens is 424 g/mol. The summed E-state index contributed by atoms with van der Waals surface area (Å²) >= 11 is 0. The van der Waals surface area contributed by atoms with E-state index < -0.39 is 0 Å². The normalized spacial score (nSPS) is 36.8. The van der Waals surface area contributed by atoms with E-state index in [-0.39, 0.29) is 36.3 Å². The number of hydrogen-bond donors (Lipinski definition) is 8. The zero-order valence-electron chi connectivity index (χ0n) is 19.8. The molecule has 4 aliphatic rings. The number of fused-ring (bicyclic) bond motifs is 1. The summed E-state index contributed by atoms with van der Waals surface area (Å²) < 4.78 is 0. The largest absolute Gasteiger partial charge is 0.356 e. The highest BCUT2D eigenvalue weighted by Gasteiger charge is 2.39. The van der Waals surface area contributed by atoms with Crippen molar-refractivity contribution in [3.8, 4) is 0 Å². The van der Waals surface area contributed by atoms with Crippen LogP contribution in [-0.2, 0) is 14.4 Å². The van der Waals surface area contributed by atoms with Crippen molar-refractivity contribution in [2.45, 2.75) is 82.5 Å². The number of carbonyl (C=O) groups excluding carboxylic acids is 2. The Bertz CT molecular complexity index is 645. The second-order valence-corrected chi connectivity index (χ2v) is 9.82. The van der Waals surface area contributed by atoms with E-state index >= 15 is 0 Å². The van der Waals surface area contributed by atoms with Crippen LogP contribution in [0.5, 0.6) is 0 Å². The molecule has 0 aromatic rings. The van der Waals surface area contributed by atoms with Gasteiger partial charge >= 0.3 is 0 Å². The van der Waals surface area contributed by atoms with Gasteiger partial charge in [0, 0.05) is 37.3 Å². The van der Waals surface area contributed by atoms with Crippen molar-refractivity contribution in [1.29, 1.82) is 0 Å². The van der Waals surface area contributed by atoms with Gasteiger partial charge in [0.2, 0.25) is 11.8 Å². The highest BCUT2D eigenvalue weighted by molar-refractivity contribution is 5.79. The van der Waals surface area contributed by atoms with Crippen molar-refractivity contribution in [3.05, 3.63) is 0 Å². The van der Waals surface area contributed by atoms with Gasteiger partial charge in [-0.25, -0.2) is 5.43 Å².